The Balaban J connectivity index is 1.64. The summed E-state index contributed by atoms with van der Waals surface area (Å²) in [6, 6.07) is 10.3. The number of carbonyl (C=O) groups excluding carboxylic acids is 1. The molecule has 0 bridgehead atoms. The number of anilines is 1. The van der Waals surface area contributed by atoms with E-state index >= 15 is 0 Å². The molecular weight excluding hydrogens is 360 g/mol. The van der Waals surface area contributed by atoms with Gasteiger partial charge in [0.1, 0.15) is 0 Å². The second-order valence-corrected chi connectivity index (χ2v) is 6.07. The van der Waals surface area contributed by atoms with Crippen molar-refractivity contribution >= 4 is 29.1 Å². The van der Waals surface area contributed by atoms with Crippen molar-refractivity contribution in [1.82, 2.24) is 19.6 Å². The monoisotopic (exact) mass is 374 g/mol. The van der Waals surface area contributed by atoms with Crippen LogP contribution in [0.15, 0.2) is 42.6 Å². The molecule has 0 radical (unpaired) electrons. The molecule has 2 heterocycles. The molecule has 1 N–H and O–H groups in total. The number of halogens is 1. The minimum atomic E-state index is -0.576. The first-order valence-corrected chi connectivity index (χ1v) is 8.05. The van der Waals surface area contributed by atoms with Gasteiger partial charge in [0.2, 0.25) is 0 Å². The highest BCUT2D eigenvalue weighted by Gasteiger charge is 2.19. The summed E-state index contributed by atoms with van der Waals surface area (Å²) in [4.78, 5) is 22.5. The summed E-state index contributed by atoms with van der Waals surface area (Å²) in [5.41, 5.74) is 1.44. The van der Waals surface area contributed by atoms with Crippen LogP contribution in [0.1, 0.15) is 11.3 Å². The van der Waals surface area contributed by atoms with Gasteiger partial charge in [-0.3, -0.25) is 9.48 Å². The van der Waals surface area contributed by atoms with Crippen molar-refractivity contribution in [3.05, 3.63) is 69.0 Å². The van der Waals surface area contributed by atoms with Crippen molar-refractivity contribution in [2.45, 2.75) is 20.0 Å². The van der Waals surface area contributed by atoms with Gasteiger partial charge >= 0.3 is 5.82 Å². The number of hydrogen-bond acceptors (Lipinski definition) is 5. The largest absolute Gasteiger partial charge is 0.358 e. The number of amides is 1. The summed E-state index contributed by atoms with van der Waals surface area (Å²) in [6.07, 6.45) is 1.72. The van der Waals surface area contributed by atoms with Crippen LogP contribution in [0.3, 0.4) is 0 Å². The van der Waals surface area contributed by atoms with Crippen molar-refractivity contribution in [3.63, 3.8) is 0 Å². The summed E-state index contributed by atoms with van der Waals surface area (Å²) < 4.78 is 2.70. The van der Waals surface area contributed by atoms with Gasteiger partial charge < -0.3 is 15.4 Å². The maximum absolute atomic E-state index is 12.1. The van der Waals surface area contributed by atoms with E-state index in [-0.39, 0.29) is 12.4 Å². The quantitative estimate of drug-likeness (QED) is 0.527. The van der Waals surface area contributed by atoms with Gasteiger partial charge in [-0.05, 0) is 29.5 Å². The second kappa shape index (κ2) is 7.36. The van der Waals surface area contributed by atoms with Crippen LogP contribution in [0.5, 0.6) is 0 Å². The Hall–Kier alpha value is -3.20. The van der Waals surface area contributed by atoms with Crippen LogP contribution < -0.4 is 5.32 Å². The van der Waals surface area contributed by atoms with E-state index in [4.69, 9.17) is 11.6 Å². The fraction of sp³-hybridized carbons (Fsp3) is 0.188. The maximum Gasteiger partial charge on any atom is 0.345 e. The first-order chi connectivity index (χ1) is 12.4. The number of nitrogens with zero attached hydrogens (tertiary/aromatic N) is 5. The lowest BCUT2D eigenvalue weighted by atomic mass is 10.2. The molecule has 3 aromatic rings. The van der Waals surface area contributed by atoms with E-state index in [2.05, 4.69) is 15.5 Å². The van der Waals surface area contributed by atoms with Crippen molar-refractivity contribution in [2.75, 3.05) is 5.32 Å². The smallest absolute Gasteiger partial charge is 0.345 e. The van der Waals surface area contributed by atoms with E-state index in [0.717, 1.165) is 10.2 Å². The zero-order chi connectivity index (χ0) is 18.7. The lowest BCUT2D eigenvalue weighted by Gasteiger charge is -2.03. The summed E-state index contributed by atoms with van der Waals surface area (Å²) in [5, 5.41) is 22.4. The topological polar surface area (TPSA) is 108 Å². The molecule has 0 aliphatic carbocycles. The molecule has 3 rings (SSSR count). The molecule has 26 heavy (non-hydrogen) atoms. The Morgan fingerprint density at radius 3 is 2.85 bits per heavy atom. The average molecular weight is 375 g/mol. The third kappa shape index (κ3) is 4.25. The summed E-state index contributed by atoms with van der Waals surface area (Å²) in [6.45, 7) is 1.85. The molecule has 134 valence electrons. The molecule has 9 nitrogen and oxygen atoms in total. The highest BCUT2D eigenvalue weighted by molar-refractivity contribution is 6.30. The fourth-order valence-corrected chi connectivity index (χ4v) is 2.67. The molecule has 0 spiro atoms. The fourth-order valence-electron chi connectivity index (χ4n) is 2.45. The highest BCUT2D eigenvalue weighted by Crippen LogP contribution is 2.14. The molecule has 0 fully saturated rings. The van der Waals surface area contributed by atoms with E-state index in [0.29, 0.717) is 23.1 Å². The molecule has 1 aromatic carbocycles. The van der Waals surface area contributed by atoms with Crippen molar-refractivity contribution in [1.29, 1.82) is 0 Å². The number of benzene rings is 1. The van der Waals surface area contributed by atoms with Crippen LogP contribution in [0.2, 0.25) is 5.02 Å². The van der Waals surface area contributed by atoms with Gasteiger partial charge in [0.15, 0.2) is 12.4 Å². The molecule has 0 aliphatic rings. The number of carbonyl (C=O) groups is 1. The average Bonchev–Trinajstić information content (AvgIpc) is 3.13. The molecule has 0 saturated carbocycles. The maximum atomic E-state index is 12.1. The van der Waals surface area contributed by atoms with Crippen LogP contribution in [-0.2, 0) is 17.9 Å². The van der Waals surface area contributed by atoms with Crippen LogP contribution in [0.4, 0.5) is 11.6 Å². The first kappa shape index (κ1) is 17.6. The van der Waals surface area contributed by atoms with Crippen molar-refractivity contribution in [3.8, 4) is 0 Å². The summed E-state index contributed by atoms with van der Waals surface area (Å²) in [7, 11) is 0. The lowest BCUT2D eigenvalue weighted by molar-refractivity contribution is -0.392. The first-order valence-electron chi connectivity index (χ1n) is 7.67. The third-order valence-electron chi connectivity index (χ3n) is 3.50. The normalized spacial score (nSPS) is 10.7. The van der Waals surface area contributed by atoms with E-state index in [9.17, 15) is 14.9 Å². The zero-order valence-electron chi connectivity index (χ0n) is 13.8. The Morgan fingerprint density at radius 2 is 2.12 bits per heavy atom. The minimum absolute atomic E-state index is 0.232. The van der Waals surface area contributed by atoms with E-state index in [1.54, 1.807) is 29.9 Å². The van der Waals surface area contributed by atoms with Gasteiger partial charge in [-0.25, -0.2) is 0 Å². The second-order valence-electron chi connectivity index (χ2n) is 5.64. The van der Waals surface area contributed by atoms with Gasteiger partial charge in [-0.1, -0.05) is 28.8 Å². The van der Waals surface area contributed by atoms with E-state index < -0.39 is 10.8 Å². The van der Waals surface area contributed by atoms with Crippen LogP contribution >= 0.6 is 11.6 Å². The molecule has 0 atom stereocenters. The lowest BCUT2D eigenvalue weighted by Crippen LogP contribution is -2.21. The van der Waals surface area contributed by atoms with Gasteiger partial charge in [-0.15, -0.1) is 4.68 Å². The number of aryl methyl sites for hydroxylation is 1. The molecule has 10 heteroatoms. The van der Waals surface area contributed by atoms with Crippen molar-refractivity contribution in [2.24, 2.45) is 0 Å². The van der Waals surface area contributed by atoms with Crippen LogP contribution in [0.25, 0.3) is 0 Å². The Labute approximate surface area is 153 Å². The number of aromatic nitrogens is 4. The molecule has 2 aromatic heterocycles. The molecule has 1 amide bonds. The van der Waals surface area contributed by atoms with E-state index in [1.807, 2.05) is 18.2 Å². The number of rotatable bonds is 6. The van der Waals surface area contributed by atoms with Gasteiger partial charge in [0.05, 0.1) is 18.3 Å². The Kier molecular flexibility index (Phi) is 4.99. The number of hydrogen-bond donors (Lipinski definition) is 1. The van der Waals surface area contributed by atoms with Crippen LogP contribution in [-0.4, -0.2) is 30.4 Å². The summed E-state index contributed by atoms with van der Waals surface area (Å²) in [5.74, 6) is -0.336. The number of nitrogens with one attached hydrogen (secondary N) is 1. The Morgan fingerprint density at radius 1 is 1.31 bits per heavy atom. The standard InChI is InChI=1S/C16H15ClN6O3/c1-11-7-16(23(25)26)22(19-11)10-15(24)18-14-5-6-21(20-14)9-12-3-2-4-13(17)8-12/h2-8H,9-10H2,1H3,(H,18,20,24). The molecule has 0 saturated heterocycles. The van der Waals surface area contributed by atoms with Crippen molar-refractivity contribution < 1.29 is 9.72 Å². The van der Waals surface area contributed by atoms with Gasteiger partial charge in [0.25, 0.3) is 5.91 Å². The van der Waals surface area contributed by atoms with Gasteiger partial charge in [-0.2, -0.15) is 5.10 Å². The van der Waals surface area contributed by atoms with E-state index in [1.165, 1.54) is 6.07 Å². The third-order valence-corrected chi connectivity index (χ3v) is 3.74. The molecule has 0 aliphatic heterocycles. The zero-order valence-corrected chi connectivity index (χ0v) is 14.6. The molecule has 0 unspecified atom stereocenters. The highest BCUT2D eigenvalue weighted by atomic mass is 35.5. The minimum Gasteiger partial charge on any atom is -0.358 e. The predicted molar refractivity (Wildman–Crippen MR) is 95.0 cm³/mol. The Bertz CT molecular complexity index is 965. The molecular formula is C16H15ClN6O3. The SMILES string of the molecule is Cc1cc([N+](=O)[O-])n(CC(=O)Nc2ccn(Cc3cccc(Cl)c3)n2)n1. The predicted octanol–water partition coefficient (Wildman–Crippen LogP) is 2.64. The summed E-state index contributed by atoms with van der Waals surface area (Å²) >= 11 is 5.96. The van der Waals surface area contributed by atoms with Gasteiger partial charge in [0, 0.05) is 17.3 Å². The van der Waals surface area contributed by atoms with Crippen LogP contribution in [0, 0.1) is 17.0 Å². The number of nitro groups is 1.